The van der Waals surface area contributed by atoms with Crippen molar-refractivity contribution in [2.75, 3.05) is 7.11 Å². The van der Waals surface area contributed by atoms with Crippen LogP contribution >= 0.6 is 0 Å². The molecule has 1 fully saturated rings. The first kappa shape index (κ1) is 19.9. The van der Waals surface area contributed by atoms with E-state index < -0.39 is 0 Å². The molecule has 0 aliphatic heterocycles. The maximum Gasteiger partial charge on any atom is 0.185 e. The van der Waals surface area contributed by atoms with Crippen molar-refractivity contribution in [2.24, 2.45) is 10.2 Å². The van der Waals surface area contributed by atoms with Crippen LogP contribution in [0.5, 0.6) is 0 Å². The Morgan fingerprint density at radius 1 is 0.931 bits per heavy atom. The number of azide groups is 2. The number of ketones is 1. The second kappa shape index (κ2) is 9.39. The van der Waals surface area contributed by atoms with Gasteiger partial charge in [-0.3, -0.25) is 4.79 Å². The molecular weight excluding hydrogens is 368 g/mol. The first-order valence-corrected chi connectivity index (χ1v) is 8.92. The third kappa shape index (κ3) is 5.12. The molecule has 8 heteroatoms. The lowest BCUT2D eigenvalue weighted by atomic mass is 9.85. The van der Waals surface area contributed by atoms with Crippen molar-refractivity contribution in [1.29, 1.82) is 0 Å². The van der Waals surface area contributed by atoms with Gasteiger partial charge in [-0.15, -0.1) is 0 Å². The van der Waals surface area contributed by atoms with E-state index in [-0.39, 0.29) is 11.9 Å². The average Bonchev–Trinajstić information content (AvgIpc) is 2.72. The molecule has 0 heterocycles. The van der Waals surface area contributed by atoms with Crippen molar-refractivity contribution in [1.82, 2.24) is 0 Å². The number of carbonyl (C=O) groups excluding carboxylic acids is 1. The minimum Gasteiger partial charge on any atom is -0.381 e. The van der Waals surface area contributed by atoms with Gasteiger partial charge < -0.3 is 4.74 Å². The van der Waals surface area contributed by atoms with Crippen molar-refractivity contribution >= 4 is 29.3 Å². The van der Waals surface area contributed by atoms with Gasteiger partial charge in [-0.25, -0.2) is 0 Å². The SMILES string of the molecule is COC1C/C(=C/c2cccc(N=[N+]=[N-])c2)C(=O)/C(=C/c2cccc(N=[N+]=[N-])c2)C1. The zero-order valence-electron chi connectivity index (χ0n) is 15.8. The number of rotatable bonds is 5. The first-order valence-electron chi connectivity index (χ1n) is 8.92. The van der Waals surface area contributed by atoms with Crippen LogP contribution in [0.15, 0.2) is 69.9 Å². The number of methoxy groups -OCH3 is 1. The lowest BCUT2D eigenvalue weighted by Gasteiger charge is -2.24. The summed E-state index contributed by atoms with van der Waals surface area (Å²) >= 11 is 0. The quantitative estimate of drug-likeness (QED) is 0.255. The summed E-state index contributed by atoms with van der Waals surface area (Å²) in [5.74, 6) is -0.0540. The number of hydrogen-bond donors (Lipinski definition) is 0. The van der Waals surface area contributed by atoms with Gasteiger partial charge in [0.2, 0.25) is 0 Å². The maximum atomic E-state index is 13.1. The summed E-state index contributed by atoms with van der Waals surface area (Å²) in [6.45, 7) is 0. The Hall–Kier alpha value is -3.83. The molecule has 2 aromatic rings. The molecule has 2 aromatic carbocycles. The fourth-order valence-electron chi connectivity index (χ4n) is 3.23. The third-order valence-corrected chi connectivity index (χ3v) is 4.55. The summed E-state index contributed by atoms with van der Waals surface area (Å²) in [5, 5.41) is 7.20. The Kier molecular flexibility index (Phi) is 6.45. The molecule has 1 aliphatic rings. The fraction of sp³-hybridized carbons (Fsp3) is 0.190. The predicted octanol–water partition coefficient (Wildman–Crippen LogP) is 6.42. The van der Waals surface area contributed by atoms with E-state index in [9.17, 15) is 4.79 Å². The maximum absolute atomic E-state index is 13.1. The van der Waals surface area contributed by atoms with Gasteiger partial charge in [-0.1, -0.05) is 46.6 Å². The number of hydrogen-bond acceptors (Lipinski definition) is 4. The van der Waals surface area contributed by atoms with Gasteiger partial charge in [0.25, 0.3) is 0 Å². The normalized spacial score (nSPS) is 18.9. The molecule has 0 aromatic heterocycles. The molecule has 0 amide bonds. The van der Waals surface area contributed by atoms with Crippen molar-refractivity contribution in [3.8, 4) is 0 Å². The van der Waals surface area contributed by atoms with Crippen LogP contribution in [0.1, 0.15) is 24.0 Å². The number of nitrogens with zero attached hydrogens (tertiary/aromatic N) is 6. The molecule has 1 saturated carbocycles. The van der Waals surface area contributed by atoms with Crippen LogP contribution in [0, 0.1) is 0 Å². The van der Waals surface area contributed by atoms with Crippen LogP contribution in [0.2, 0.25) is 0 Å². The van der Waals surface area contributed by atoms with Gasteiger partial charge in [0, 0.05) is 52.3 Å². The molecule has 1 aliphatic carbocycles. The number of carbonyl (C=O) groups is 1. The Morgan fingerprint density at radius 3 is 1.83 bits per heavy atom. The molecule has 0 radical (unpaired) electrons. The molecule has 1 unspecified atom stereocenters. The van der Waals surface area contributed by atoms with Crippen LogP contribution in [0.25, 0.3) is 33.0 Å². The third-order valence-electron chi connectivity index (χ3n) is 4.55. The van der Waals surface area contributed by atoms with Crippen molar-refractivity contribution in [3.05, 3.63) is 91.7 Å². The summed E-state index contributed by atoms with van der Waals surface area (Å²) in [4.78, 5) is 18.6. The summed E-state index contributed by atoms with van der Waals surface area (Å²) in [5.41, 5.74) is 21.0. The molecular formula is C21H18N6O2. The lowest BCUT2D eigenvalue weighted by molar-refractivity contribution is -0.113. The van der Waals surface area contributed by atoms with Crippen LogP contribution in [0.4, 0.5) is 11.4 Å². The first-order chi connectivity index (χ1) is 14.1. The van der Waals surface area contributed by atoms with Gasteiger partial charge in [0.15, 0.2) is 5.78 Å². The van der Waals surface area contributed by atoms with Crippen LogP contribution in [-0.2, 0) is 9.53 Å². The van der Waals surface area contributed by atoms with E-state index >= 15 is 0 Å². The molecule has 0 bridgehead atoms. The molecule has 3 rings (SSSR count). The van der Waals surface area contributed by atoms with Gasteiger partial charge in [-0.2, -0.15) is 0 Å². The Bertz CT molecular complexity index is 1010. The zero-order valence-corrected chi connectivity index (χ0v) is 15.8. The number of benzene rings is 2. The monoisotopic (exact) mass is 386 g/mol. The summed E-state index contributed by atoms with van der Waals surface area (Å²) < 4.78 is 5.53. The number of Topliss-reactive ketones (excluding diaryl/α,β-unsaturated/α-hetero) is 1. The Balaban J connectivity index is 1.97. The second-order valence-electron chi connectivity index (χ2n) is 6.50. The Labute approximate surface area is 167 Å². The minimum absolute atomic E-state index is 0.0540. The van der Waals surface area contributed by atoms with Gasteiger partial charge >= 0.3 is 0 Å². The molecule has 8 nitrogen and oxygen atoms in total. The van der Waals surface area contributed by atoms with Crippen LogP contribution < -0.4 is 0 Å². The van der Waals surface area contributed by atoms with E-state index in [0.717, 1.165) is 11.1 Å². The average molecular weight is 386 g/mol. The molecule has 0 spiro atoms. The highest BCUT2D eigenvalue weighted by atomic mass is 16.5. The van der Waals surface area contributed by atoms with E-state index in [1.165, 1.54) is 0 Å². The molecule has 0 N–H and O–H groups in total. The van der Waals surface area contributed by atoms with Crippen molar-refractivity contribution in [2.45, 2.75) is 18.9 Å². The van der Waals surface area contributed by atoms with Crippen LogP contribution in [-0.4, -0.2) is 19.0 Å². The Morgan fingerprint density at radius 2 is 1.41 bits per heavy atom. The van der Waals surface area contributed by atoms with E-state index in [1.54, 1.807) is 55.7 Å². The molecule has 144 valence electrons. The van der Waals surface area contributed by atoms with Gasteiger partial charge in [0.1, 0.15) is 0 Å². The van der Waals surface area contributed by atoms with E-state index in [1.807, 2.05) is 12.1 Å². The smallest absolute Gasteiger partial charge is 0.185 e. The van der Waals surface area contributed by atoms with Crippen molar-refractivity contribution < 1.29 is 9.53 Å². The summed E-state index contributed by atoms with van der Waals surface area (Å²) in [6, 6.07) is 14.1. The summed E-state index contributed by atoms with van der Waals surface area (Å²) in [6.07, 6.45) is 4.47. The van der Waals surface area contributed by atoms with E-state index in [4.69, 9.17) is 15.8 Å². The van der Waals surface area contributed by atoms with E-state index in [0.29, 0.717) is 35.4 Å². The minimum atomic E-state index is -0.120. The van der Waals surface area contributed by atoms with Crippen LogP contribution in [0.3, 0.4) is 0 Å². The standard InChI is InChI=1S/C21H18N6O2/c1-29-20-12-16(8-14-4-2-6-18(10-14)24-26-22)21(28)17(13-20)9-15-5-3-7-19(11-15)25-27-23/h2-11,20H,12-13H2,1H3/b16-8-,17-9+. The highest BCUT2D eigenvalue weighted by molar-refractivity contribution is 6.14. The highest BCUT2D eigenvalue weighted by Crippen LogP contribution is 2.31. The molecule has 0 saturated heterocycles. The van der Waals surface area contributed by atoms with Crippen molar-refractivity contribution in [3.63, 3.8) is 0 Å². The fourth-order valence-corrected chi connectivity index (χ4v) is 3.23. The number of ether oxygens (including phenoxy) is 1. The second-order valence-corrected chi connectivity index (χ2v) is 6.50. The van der Waals surface area contributed by atoms with Gasteiger partial charge in [-0.05, 0) is 46.5 Å². The largest absolute Gasteiger partial charge is 0.381 e. The molecule has 1 atom stereocenters. The molecule has 29 heavy (non-hydrogen) atoms. The van der Waals surface area contributed by atoms with Gasteiger partial charge in [0.05, 0.1) is 6.10 Å². The topological polar surface area (TPSA) is 124 Å². The summed E-state index contributed by atoms with van der Waals surface area (Å²) in [7, 11) is 1.63. The predicted molar refractivity (Wildman–Crippen MR) is 111 cm³/mol. The highest BCUT2D eigenvalue weighted by Gasteiger charge is 2.27. The lowest BCUT2D eigenvalue weighted by Crippen LogP contribution is -2.25. The zero-order chi connectivity index (χ0) is 20.6. The van der Waals surface area contributed by atoms with E-state index in [2.05, 4.69) is 20.1 Å².